The van der Waals surface area contributed by atoms with Gasteiger partial charge in [-0.25, -0.2) is 4.79 Å². The van der Waals surface area contributed by atoms with Gasteiger partial charge in [0, 0.05) is 31.7 Å². The highest BCUT2D eigenvalue weighted by Crippen LogP contribution is 2.10. The molecule has 2 heterocycles. The number of H-pyrrole nitrogens is 1. The Kier molecular flexibility index (Phi) is 4.12. The molecule has 5 nitrogen and oxygen atoms in total. The number of hydrogen-bond donors (Lipinski definition) is 2. The molecule has 2 N–H and O–H groups in total. The van der Waals surface area contributed by atoms with Gasteiger partial charge in [-0.1, -0.05) is 12.1 Å². The van der Waals surface area contributed by atoms with Crippen molar-refractivity contribution in [1.29, 1.82) is 0 Å². The smallest absolute Gasteiger partial charge is 0.309 e. The molecule has 0 saturated carbocycles. The molecule has 2 aromatic rings. The highest BCUT2D eigenvalue weighted by Gasteiger charge is 2.20. The first-order valence-electron chi connectivity index (χ1n) is 7.79. The van der Waals surface area contributed by atoms with Gasteiger partial charge in [-0.3, -0.25) is 4.57 Å². The van der Waals surface area contributed by atoms with Gasteiger partial charge >= 0.3 is 5.69 Å². The summed E-state index contributed by atoms with van der Waals surface area (Å²) < 4.78 is 1.85. The largest absolute Gasteiger partial charge is 0.326 e. The number of piperazine rings is 1. The van der Waals surface area contributed by atoms with Crippen molar-refractivity contribution < 1.29 is 0 Å². The zero-order chi connectivity index (χ0) is 14.8. The Labute approximate surface area is 125 Å². The molecule has 2 atom stereocenters. The molecule has 1 aromatic heterocycles. The summed E-state index contributed by atoms with van der Waals surface area (Å²) in [6, 6.07) is 8.97. The molecule has 114 valence electrons. The molecular formula is C16H24N4O. The van der Waals surface area contributed by atoms with Crippen LogP contribution < -0.4 is 11.0 Å². The van der Waals surface area contributed by atoms with Crippen LogP contribution in [0.1, 0.15) is 20.3 Å². The Morgan fingerprint density at radius 2 is 1.86 bits per heavy atom. The number of aryl methyl sites for hydroxylation is 1. The normalized spacial score (nSPS) is 23.7. The second kappa shape index (κ2) is 6.03. The maximum atomic E-state index is 12.0. The molecule has 1 aliphatic rings. The fourth-order valence-electron chi connectivity index (χ4n) is 3.40. The Morgan fingerprint density at radius 1 is 1.14 bits per heavy atom. The van der Waals surface area contributed by atoms with Crippen molar-refractivity contribution in [3.63, 3.8) is 0 Å². The minimum Gasteiger partial charge on any atom is -0.309 e. The number of imidazole rings is 1. The van der Waals surface area contributed by atoms with Gasteiger partial charge in [-0.05, 0) is 38.9 Å². The first-order chi connectivity index (χ1) is 10.1. The zero-order valence-corrected chi connectivity index (χ0v) is 12.8. The topological polar surface area (TPSA) is 53.1 Å². The van der Waals surface area contributed by atoms with E-state index in [1.807, 2.05) is 28.8 Å². The van der Waals surface area contributed by atoms with E-state index in [9.17, 15) is 4.79 Å². The van der Waals surface area contributed by atoms with Crippen LogP contribution in [-0.2, 0) is 6.54 Å². The number of nitrogens with one attached hydrogen (secondary N) is 2. The summed E-state index contributed by atoms with van der Waals surface area (Å²) in [6.07, 6.45) is 1.00. The third-order valence-electron chi connectivity index (χ3n) is 4.17. The van der Waals surface area contributed by atoms with E-state index in [1.54, 1.807) is 0 Å². The summed E-state index contributed by atoms with van der Waals surface area (Å²) in [5, 5.41) is 3.54. The molecule has 5 heteroatoms. The molecule has 2 unspecified atom stereocenters. The molecule has 0 aliphatic carbocycles. The van der Waals surface area contributed by atoms with Crippen LogP contribution >= 0.6 is 0 Å². The standard InChI is InChI=1S/C16H24N4O/c1-12-10-19(11-13(2)17-12)8-5-9-20-15-7-4-3-6-14(15)18-16(20)21/h3-4,6-7,12-13,17H,5,8-11H2,1-2H3,(H,18,21). The lowest BCUT2D eigenvalue weighted by molar-refractivity contribution is 0.170. The lowest BCUT2D eigenvalue weighted by atomic mass is 10.1. The third-order valence-corrected chi connectivity index (χ3v) is 4.17. The van der Waals surface area contributed by atoms with Gasteiger partial charge in [0.2, 0.25) is 0 Å². The van der Waals surface area contributed by atoms with Crippen molar-refractivity contribution >= 4 is 11.0 Å². The maximum absolute atomic E-state index is 12.0. The van der Waals surface area contributed by atoms with E-state index in [-0.39, 0.29) is 5.69 Å². The van der Waals surface area contributed by atoms with Crippen molar-refractivity contribution in [3.8, 4) is 0 Å². The van der Waals surface area contributed by atoms with E-state index in [4.69, 9.17) is 0 Å². The Hall–Kier alpha value is -1.59. The number of benzene rings is 1. The highest BCUT2D eigenvalue weighted by molar-refractivity contribution is 5.74. The van der Waals surface area contributed by atoms with Gasteiger partial charge in [0.15, 0.2) is 0 Å². The zero-order valence-electron chi connectivity index (χ0n) is 12.8. The number of nitrogens with zero attached hydrogens (tertiary/aromatic N) is 2. The Morgan fingerprint density at radius 3 is 2.62 bits per heavy atom. The van der Waals surface area contributed by atoms with Gasteiger partial charge in [0.05, 0.1) is 11.0 Å². The number of aromatic nitrogens is 2. The van der Waals surface area contributed by atoms with Crippen molar-refractivity contribution in [2.75, 3.05) is 19.6 Å². The van der Waals surface area contributed by atoms with Gasteiger partial charge < -0.3 is 15.2 Å². The number of rotatable bonds is 4. The van der Waals surface area contributed by atoms with Crippen molar-refractivity contribution in [2.45, 2.75) is 38.9 Å². The second-order valence-corrected chi connectivity index (χ2v) is 6.18. The molecule has 21 heavy (non-hydrogen) atoms. The van der Waals surface area contributed by atoms with Crippen LogP contribution in [0.15, 0.2) is 29.1 Å². The maximum Gasteiger partial charge on any atom is 0.326 e. The predicted octanol–water partition coefficient (Wildman–Crippen LogP) is 1.40. The number of aromatic amines is 1. The molecular weight excluding hydrogens is 264 g/mol. The predicted molar refractivity (Wildman–Crippen MR) is 85.7 cm³/mol. The Bertz CT molecular complexity index is 650. The van der Waals surface area contributed by atoms with Crippen molar-refractivity contribution in [2.24, 2.45) is 0 Å². The van der Waals surface area contributed by atoms with Crippen molar-refractivity contribution in [1.82, 2.24) is 19.8 Å². The minimum atomic E-state index is -0.00162. The highest BCUT2D eigenvalue weighted by atomic mass is 16.1. The van der Waals surface area contributed by atoms with E-state index in [0.717, 1.165) is 43.6 Å². The van der Waals surface area contributed by atoms with Crippen LogP contribution in [-0.4, -0.2) is 46.2 Å². The summed E-state index contributed by atoms with van der Waals surface area (Å²) in [4.78, 5) is 17.4. The third kappa shape index (κ3) is 3.19. The van der Waals surface area contributed by atoms with Crippen molar-refractivity contribution in [3.05, 3.63) is 34.7 Å². The molecule has 0 radical (unpaired) electrons. The minimum absolute atomic E-state index is 0.00162. The van der Waals surface area contributed by atoms with Crippen LogP contribution in [0, 0.1) is 0 Å². The molecule has 0 amide bonds. The van der Waals surface area contributed by atoms with E-state index in [0.29, 0.717) is 12.1 Å². The van der Waals surface area contributed by atoms with Gasteiger partial charge in [-0.15, -0.1) is 0 Å². The number of para-hydroxylation sites is 2. The lowest BCUT2D eigenvalue weighted by Gasteiger charge is -2.36. The fourth-order valence-corrected chi connectivity index (χ4v) is 3.40. The first-order valence-corrected chi connectivity index (χ1v) is 7.79. The average molecular weight is 288 g/mol. The summed E-state index contributed by atoms with van der Waals surface area (Å²) in [5.74, 6) is 0. The van der Waals surface area contributed by atoms with E-state index in [2.05, 4.69) is 29.0 Å². The second-order valence-electron chi connectivity index (χ2n) is 6.18. The van der Waals surface area contributed by atoms with Crippen LogP contribution in [0.2, 0.25) is 0 Å². The summed E-state index contributed by atoms with van der Waals surface area (Å²) >= 11 is 0. The molecule has 1 aliphatic heterocycles. The number of fused-ring (bicyclic) bond motifs is 1. The molecule has 1 aromatic carbocycles. The molecule has 3 rings (SSSR count). The molecule has 0 bridgehead atoms. The van der Waals surface area contributed by atoms with Gasteiger partial charge in [0.25, 0.3) is 0 Å². The summed E-state index contributed by atoms with van der Waals surface area (Å²) in [7, 11) is 0. The van der Waals surface area contributed by atoms with Crippen LogP contribution in [0.25, 0.3) is 11.0 Å². The summed E-state index contributed by atoms with van der Waals surface area (Å²) in [6.45, 7) is 8.46. The van der Waals surface area contributed by atoms with E-state index >= 15 is 0 Å². The van der Waals surface area contributed by atoms with Gasteiger partial charge in [0.1, 0.15) is 0 Å². The average Bonchev–Trinajstić information content (AvgIpc) is 2.74. The van der Waals surface area contributed by atoms with Gasteiger partial charge in [-0.2, -0.15) is 0 Å². The molecule has 0 spiro atoms. The van der Waals surface area contributed by atoms with Crippen LogP contribution in [0.4, 0.5) is 0 Å². The molecule has 1 fully saturated rings. The van der Waals surface area contributed by atoms with E-state index in [1.165, 1.54) is 0 Å². The first kappa shape index (κ1) is 14.4. The number of hydrogen-bond acceptors (Lipinski definition) is 3. The Balaban J connectivity index is 1.62. The molecule has 1 saturated heterocycles. The quantitative estimate of drug-likeness (QED) is 0.894. The monoisotopic (exact) mass is 288 g/mol. The lowest BCUT2D eigenvalue weighted by Crippen LogP contribution is -2.54. The van der Waals surface area contributed by atoms with Crippen LogP contribution in [0.5, 0.6) is 0 Å². The fraction of sp³-hybridized carbons (Fsp3) is 0.562. The SMILES string of the molecule is CC1CN(CCCn2c(=O)[nH]c3ccccc32)CC(C)N1. The van der Waals surface area contributed by atoms with Crippen LogP contribution in [0.3, 0.4) is 0 Å². The summed E-state index contributed by atoms with van der Waals surface area (Å²) in [5.41, 5.74) is 1.93. The van der Waals surface area contributed by atoms with E-state index < -0.39 is 0 Å².